The molecule has 0 aromatic heterocycles. The number of hydrogen-bond donors (Lipinski definition) is 0. The van der Waals surface area contributed by atoms with Crippen LogP contribution >= 0.6 is 0 Å². The summed E-state index contributed by atoms with van der Waals surface area (Å²) in [4.78, 5) is 0. The Morgan fingerprint density at radius 2 is 1.62 bits per heavy atom. The molecule has 2 nitrogen and oxygen atoms in total. The molecular formula is C8H16Br2MgO2. The molecule has 0 aliphatic carbocycles. The van der Waals surface area contributed by atoms with E-state index >= 15 is 0 Å². The topological polar surface area (TPSA) is 18.5 Å². The summed E-state index contributed by atoms with van der Waals surface area (Å²) in [6.45, 7) is 3.78. The number of hydrogen-bond acceptors (Lipinski definition) is 2. The maximum Gasteiger partial charge on any atom is 2.00 e. The molecule has 0 atom stereocenters. The summed E-state index contributed by atoms with van der Waals surface area (Å²) in [7, 11) is 0. The van der Waals surface area contributed by atoms with Gasteiger partial charge in [-0.2, -0.15) is 0 Å². The fraction of sp³-hybridized carbons (Fsp3) is 1.00. The monoisotopic (exact) mass is 326 g/mol. The van der Waals surface area contributed by atoms with Crippen molar-refractivity contribution in [3.05, 3.63) is 0 Å². The standard InChI is InChI=1S/C8H16O2.2BrH.Mg/c1-2-3-4-5-8-9-6-7-10-8;;;/h8H,2-7H2,1H3;2*1H;/q;;;+2/p-2. The fourth-order valence-corrected chi connectivity index (χ4v) is 1.13. The fourth-order valence-electron chi connectivity index (χ4n) is 1.13. The van der Waals surface area contributed by atoms with Gasteiger partial charge in [0.05, 0.1) is 13.2 Å². The zero-order valence-electron chi connectivity index (χ0n) is 8.10. The largest absolute Gasteiger partial charge is 2.00 e. The van der Waals surface area contributed by atoms with E-state index in [4.69, 9.17) is 9.47 Å². The molecule has 0 aromatic carbocycles. The van der Waals surface area contributed by atoms with E-state index in [1.807, 2.05) is 0 Å². The van der Waals surface area contributed by atoms with Gasteiger partial charge < -0.3 is 43.4 Å². The zero-order valence-corrected chi connectivity index (χ0v) is 12.7. The normalized spacial score (nSPS) is 15.5. The molecule has 0 spiro atoms. The number of unbranched alkanes of at least 4 members (excludes halogenated alkanes) is 2. The van der Waals surface area contributed by atoms with Crippen LogP contribution in [0, 0.1) is 0 Å². The summed E-state index contributed by atoms with van der Waals surface area (Å²) in [5, 5.41) is 0. The molecule has 1 aliphatic rings. The molecule has 0 amide bonds. The van der Waals surface area contributed by atoms with Crippen LogP contribution in [0.25, 0.3) is 0 Å². The second-order valence-corrected chi connectivity index (χ2v) is 2.67. The summed E-state index contributed by atoms with van der Waals surface area (Å²) in [6, 6.07) is 0. The molecule has 0 aromatic rings. The maximum atomic E-state index is 5.28. The average molecular weight is 328 g/mol. The summed E-state index contributed by atoms with van der Waals surface area (Å²) in [6.07, 6.45) is 5.00. The molecule has 1 aliphatic heterocycles. The van der Waals surface area contributed by atoms with Crippen LogP contribution in [0.15, 0.2) is 0 Å². The van der Waals surface area contributed by atoms with Crippen molar-refractivity contribution in [2.24, 2.45) is 0 Å². The van der Waals surface area contributed by atoms with Gasteiger partial charge in [-0.05, 0) is 12.8 Å². The van der Waals surface area contributed by atoms with Crippen LogP contribution in [0.2, 0.25) is 0 Å². The Labute approximate surface area is 118 Å². The first-order valence-electron chi connectivity index (χ1n) is 4.16. The van der Waals surface area contributed by atoms with E-state index in [2.05, 4.69) is 6.92 Å². The Morgan fingerprint density at radius 1 is 1.08 bits per heavy atom. The van der Waals surface area contributed by atoms with Gasteiger partial charge in [-0.1, -0.05) is 19.8 Å². The first-order chi connectivity index (χ1) is 4.93. The van der Waals surface area contributed by atoms with E-state index in [0.29, 0.717) is 0 Å². The van der Waals surface area contributed by atoms with Crippen LogP contribution in [-0.4, -0.2) is 42.6 Å². The number of ether oxygens (including phenoxy) is 2. The molecule has 1 rings (SSSR count). The van der Waals surface area contributed by atoms with E-state index in [1.165, 1.54) is 19.3 Å². The molecule has 0 radical (unpaired) electrons. The van der Waals surface area contributed by atoms with Crippen LogP contribution in [0.4, 0.5) is 0 Å². The van der Waals surface area contributed by atoms with E-state index in [1.54, 1.807) is 0 Å². The molecule has 0 unspecified atom stereocenters. The van der Waals surface area contributed by atoms with Crippen molar-refractivity contribution in [3.63, 3.8) is 0 Å². The van der Waals surface area contributed by atoms with Crippen LogP contribution in [0.5, 0.6) is 0 Å². The van der Waals surface area contributed by atoms with Crippen LogP contribution < -0.4 is 34.0 Å². The van der Waals surface area contributed by atoms with Gasteiger partial charge in [0, 0.05) is 0 Å². The molecular weight excluding hydrogens is 312 g/mol. The predicted molar refractivity (Wildman–Crippen MR) is 45.6 cm³/mol. The number of rotatable bonds is 4. The SMILES string of the molecule is CCCCCC1OCCO1.[Br-].[Br-].[Mg+2]. The minimum atomic E-state index is 0. The summed E-state index contributed by atoms with van der Waals surface area (Å²) >= 11 is 0. The Balaban J connectivity index is -0.000000333. The molecule has 0 N–H and O–H groups in total. The van der Waals surface area contributed by atoms with Crippen LogP contribution in [0.1, 0.15) is 32.6 Å². The third-order valence-corrected chi connectivity index (χ3v) is 1.73. The van der Waals surface area contributed by atoms with Gasteiger partial charge in [0.2, 0.25) is 0 Å². The van der Waals surface area contributed by atoms with Crippen molar-refractivity contribution >= 4 is 23.1 Å². The van der Waals surface area contributed by atoms with Crippen molar-refractivity contribution in [1.29, 1.82) is 0 Å². The van der Waals surface area contributed by atoms with Crippen molar-refractivity contribution < 1.29 is 43.4 Å². The van der Waals surface area contributed by atoms with Gasteiger partial charge in [0.25, 0.3) is 0 Å². The summed E-state index contributed by atoms with van der Waals surface area (Å²) in [5.41, 5.74) is 0. The molecule has 0 saturated carbocycles. The van der Waals surface area contributed by atoms with Gasteiger partial charge >= 0.3 is 23.1 Å². The third-order valence-electron chi connectivity index (χ3n) is 1.73. The average Bonchev–Trinajstić information content (AvgIpc) is 2.41. The van der Waals surface area contributed by atoms with E-state index in [9.17, 15) is 0 Å². The Bertz CT molecular complexity index is 90.2. The molecule has 1 saturated heterocycles. The Kier molecular flexibility index (Phi) is 21.1. The molecule has 1 heterocycles. The van der Waals surface area contributed by atoms with Crippen molar-refractivity contribution in [3.8, 4) is 0 Å². The minimum absolute atomic E-state index is 0. The summed E-state index contributed by atoms with van der Waals surface area (Å²) in [5.74, 6) is 0. The smallest absolute Gasteiger partial charge is 1.00 e. The predicted octanol–water partition coefficient (Wildman–Crippen LogP) is -4.43. The second kappa shape index (κ2) is 13.6. The van der Waals surface area contributed by atoms with Gasteiger partial charge in [0.15, 0.2) is 6.29 Å². The van der Waals surface area contributed by atoms with Gasteiger partial charge in [-0.15, -0.1) is 0 Å². The Hall–Kier alpha value is 1.65. The van der Waals surface area contributed by atoms with Gasteiger partial charge in [-0.25, -0.2) is 0 Å². The third kappa shape index (κ3) is 9.94. The maximum absolute atomic E-state index is 5.28. The molecule has 13 heavy (non-hydrogen) atoms. The van der Waals surface area contributed by atoms with E-state index < -0.39 is 0 Å². The first kappa shape index (κ1) is 20.1. The van der Waals surface area contributed by atoms with Crippen LogP contribution in [-0.2, 0) is 9.47 Å². The van der Waals surface area contributed by atoms with Gasteiger partial charge in [-0.3, -0.25) is 0 Å². The number of halogens is 2. The Morgan fingerprint density at radius 3 is 2.08 bits per heavy atom. The van der Waals surface area contributed by atoms with E-state index in [-0.39, 0.29) is 63.3 Å². The summed E-state index contributed by atoms with van der Waals surface area (Å²) < 4.78 is 10.6. The molecule has 5 heteroatoms. The second-order valence-electron chi connectivity index (χ2n) is 2.67. The van der Waals surface area contributed by atoms with Crippen molar-refractivity contribution in [2.45, 2.75) is 38.9 Å². The van der Waals surface area contributed by atoms with Crippen molar-refractivity contribution in [1.82, 2.24) is 0 Å². The van der Waals surface area contributed by atoms with Gasteiger partial charge in [0.1, 0.15) is 0 Å². The molecule has 76 valence electrons. The first-order valence-corrected chi connectivity index (χ1v) is 4.16. The zero-order chi connectivity index (χ0) is 7.23. The van der Waals surface area contributed by atoms with Crippen molar-refractivity contribution in [2.75, 3.05) is 13.2 Å². The minimum Gasteiger partial charge on any atom is -1.00 e. The molecule has 0 bridgehead atoms. The molecule has 1 fully saturated rings. The quantitative estimate of drug-likeness (QED) is 0.383. The van der Waals surface area contributed by atoms with Crippen LogP contribution in [0.3, 0.4) is 0 Å². The van der Waals surface area contributed by atoms with E-state index in [0.717, 1.165) is 19.6 Å².